The van der Waals surface area contributed by atoms with Gasteiger partial charge in [-0.15, -0.1) is 0 Å². The standard InChI is InChI=1S/C13H26N2O2/c1-3-17-13(16)12(14)8-10-15-9-6-4-5-7-11(15)2/h11-12H,3-10,14H2,1-2H3. The average molecular weight is 242 g/mol. The van der Waals surface area contributed by atoms with E-state index in [1.807, 2.05) is 6.92 Å². The van der Waals surface area contributed by atoms with Crippen molar-refractivity contribution >= 4 is 5.97 Å². The molecule has 2 N–H and O–H groups in total. The molecule has 0 amide bonds. The summed E-state index contributed by atoms with van der Waals surface area (Å²) in [5.74, 6) is -0.269. The van der Waals surface area contributed by atoms with Crippen molar-refractivity contribution in [1.82, 2.24) is 4.90 Å². The van der Waals surface area contributed by atoms with Crippen molar-refractivity contribution < 1.29 is 9.53 Å². The maximum Gasteiger partial charge on any atom is 0.322 e. The van der Waals surface area contributed by atoms with Crippen LogP contribution in [0.15, 0.2) is 0 Å². The van der Waals surface area contributed by atoms with E-state index in [-0.39, 0.29) is 5.97 Å². The van der Waals surface area contributed by atoms with Crippen molar-refractivity contribution in [2.24, 2.45) is 5.73 Å². The Kier molecular flexibility index (Phi) is 6.52. The van der Waals surface area contributed by atoms with Gasteiger partial charge in [0.05, 0.1) is 6.61 Å². The van der Waals surface area contributed by atoms with Crippen LogP contribution in [0.3, 0.4) is 0 Å². The molecule has 4 nitrogen and oxygen atoms in total. The third-order valence-corrected chi connectivity index (χ3v) is 3.51. The second kappa shape index (κ2) is 7.67. The molecular formula is C13H26N2O2. The van der Waals surface area contributed by atoms with E-state index in [4.69, 9.17) is 10.5 Å². The maximum atomic E-state index is 11.4. The van der Waals surface area contributed by atoms with Crippen molar-refractivity contribution in [1.29, 1.82) is 0 Å². The van der Waals surface area contributed by atoms with Crippen LogP contribution in [0.25, 0.3) is 0 Å². The summed E-state index contributed by atoms with van der Waals surface area (Å²) in [5.41, 5.74) is 5.80. The maximum absolute atomic E-state index is 11.4. The number of likely N-dealkylation sites (tertiary alicyclic amines) is 1. The molecular weight excluding hydrogens is 216 g/mol. The van der Waals surface area contributed by atoms with Crippen LogP contribution in [0.4, 0.5) is 0 Å². The first-order valence-corrected chi connectivity index (χ1v) is 6.81. The first kappa shape index (κ1) is 14.5. The van der Waals surface area contributed by atoms with E-state index in [1.165, 1.54) is 25.7 Å². The Morgan fingerprint density at radius 3 is 2.94 bits per heavy atom. The molecule has 1 saturated heterocycles. The lowest BCUT2D eigenvalue weighted by atomic mass is 10.1. The largest absolute Gasteiger partial charge is 0.465 e. The SMILES string of the molecule is CCOC(=O)C(N)CCN1CCCCCC1C. The van der Waals surface area contributed by atoms with Gasteiger partial charge in [0.1, 0.15) is 6.04 Å². The van der Waals surface area contributed by atoms with Crippen molar-refractivity contribution in [2.75, 3.05) is 19.7 Å². The lowest BCUT2D eigenvalue weighted by Gasteiger charge is -2.27. The van der Waals surface area contributed by atoms with Gasteiger partial charge in [-0.2, -0.15) is 0 Å². The molecule has 0 saturated carbocycles. The Balaban J connectivity index is 2.30. The van der Waals surface area contributed by atoms with Crippen molar-refractivity contribution in [3.05, 3.63) is 0 Å². The van der Waals surface area contributed by atoms with Gasteiger partial charge in [-0.1, -0.05) is 12.8 Å². The molecule has 0 aromatic rings. The van der Waals surface area contributed by atoms with E-state index < -0.39 is 6.04 Å². The van der Waals surface area contributed by atoms with Gasteiger partial charge in [-0.3, -0.25) is 4.79 Å². The van der Waals surface area contributed by atoms with Crippen LogP contribution in [-0.2, 0) is 9.53 Å². The number of hydrogen-bond donors (Lipinski definition) is 1. The highest BCUT2D eigenvalue weighted by molar-refractivity contribution is 5.75. The van der Waals surface area contributed by atoms with Crippen LogP contribution in [0.2, 0.25) is 0 Å². The molecule has 0 aliphatic carbocycles. The van der Waals surface area contributed by atoms with Gasteiger partial charge in [0.25, 0.3) is 0 Å². The summed E-state index contributed by atoms with van der Waals surface area (Å²) in [6.07, 6.45) is 5.86. The third kappa shape index (κ3) is 5.04. The number of esters is 1. The second-order valence-electron chi connectivity index (χ2n) is 4.88. The molecule has 100 valence electrons. The first-order valence-electron chi connectivity index (χ1n) is 6.81. The zero-order chi connectivity index (χ0) is 12.7. The summed E-state index contributed by atoms with van der Waals surface area (Å²) in [7, 11) is 0. The van der Waals surface area contributed by atoms with Gasteiger partial charge in [-0.25, -0.2) is 0 Å². The Morgan fingerprint density at radius 1 is 1.47 bits per heavy atom. The summed E-state index contributed by atoms with van der Waals surface area (Å²) < 4.78 is 4.91. The topological polar surface area (TPSA) is 55.6 Å². The van der Waals surface area contributed by atoms with Gasteiger partial charge < -0.3 is 15.4 Å². The molecule has 0 spiro atoms. The summed E-state index contributed by atoms with van der Waals surface area (Å²) in [5, 5.41) is 0. The Labute approximate surface area is 104 Å². The van der Waals surface area contributed by atoms with E-state index >= 15 is 0 Å². The number of rotatable bonds is 5. The van der Waals surface area contributed by atoms with E-state index in [2.05, 4.69) is 11.8 Å². The number of nitrogens with zero attached hydrogens (tertiary/aromatic N) is 1. The van der Waals surface area contributed by atoms with Gasteiger partial charge in [-0.05, 0) is 39.7 Å². The molecule has 1 heterocycles. The Hall–Kier alpha value is -0.610. The quantitative estimate of drug-likeness (QED) is 0.743. The smallest absolute Gasteiger partial charge is 0.322 e. The molecule has 1 aliphatic heterocycles. The van der Waals surface area contributed by atoms with E-state index in [9.17, 15) is 4.79 Å². The zero-order valence-corrected chi connectivity index (χ0v) is 11.2. The highest BCUT2D eigenvalue weighted by atomic mass is 16.5. The van der Waals surface area contributed by atoms with Gasteiger partial charge in [0, 0.05) is 12.6 Å². The molecule has 0 bridgehead atoms. The minimum Gasteiger partial charge on any atom is -0.465 e. The number of carbonyl (C=O) groups excluding carboxylic acids is 1. The molecule has 0 aromatic carbocycles. The van der Waals surface area contributed by atoms with E-state index in [0.717, 1.165) is 13.1 Å². The zero-order valence-electron chi connectivity index (χ0n) is 11.2. The fourth-order valence-corrected chi connectivity index (χ4v) is 2.34. The molecule has 2 atom stereocenters. The normalized spacial score (nSPS) is 24.1. The summed E-state index contributed by atoms with van der Waals surface area (Å²) in [6.45, 7) is 6.52. The van der Waals surface area contributed by atoms with E-state index in [1.54, 1.807) is 0 Å². The number of carbonyl (C=O) groups is 1. The molecule has 0 radical (unpaired) electrons. The fraction of sp³-hybridized carbons (Fsp3) is 0.923. The molecule has 1 aliphatic rings. The highest BCUT2D eigenvalue weighted by Crippen LogP contribution is 2.16. The molecule has 17 heavy (non-hydrogen) atoms. The van der Waals surface area contributed by atoms with Crippen molar-refractivity contribution in [3.63, 3.8) is 0 Å². The predicted molar refractivity (Wildman–Crippen MR) is 68.7 cm³/mol. The Bertz CT molecular complexity index is 233. The molecule has 1 rings (SSSR count). The minimum absolute atomic E-state index is 0.269. The van der Waals surface area contributed by atoms with Crippen molar-refractivity contribution in [2.45, 2.75) is 58.0 Å². The number of nitrogens with two attached hydrogens (primary N) is 1. The van der Waals surface area contributed by atoms with Gasteiger partial charge in [0.2, 0.25) is 0 Å². The lowest BCUT2D eigenvalue weighted by molar-refractivity contribution is -0.144. The van der Waals surface area contributed by atoms with Crippen LogP contribution in [0.1, 0.15) is 46.0 Å². The molecule has 4 heteroatoms. The van der Waals surface area contributed by atoms with E-state index in [0.29, 0.717) is 19.1 Å². The van der Waals surface area contributed by atoms with Crippen LogP contribution < -0.4 is 5.73 Å². The highest BCUT2D eigenvalue weighted by Gasteiger charge is 2.20. The van der Waals surface area contributed by atoms with Gasteiger partial charge in [0.15, 0.2) is 0 Å². The minimum atomic E-state index is -0.467. The van der Waals surface area contributed by atoms with Crippen LogP contribution in [-0.4, -0.2) is 42.6 Å². The second-order valence-corrected chi connectivity index (χ2v) is 4.88. The first-order chi connectivity index (χ1) is 8.15. The summed E-state index contributed by atoms with van der Waals surface area (Å²) in [4.78, 5) is 13.8. The Morgan fingerprint density at radius 2 is 2.24 bits per heavy atom. The van der Waals surface area contributed by atoms with Crippen LogP contribution in [0.5, 0.6) is 0 Å². The predicted octanol–water partition coefficient (Wildman–Crippen LogP) is 1.53. The lowest BCUT2D eigenvalue weighted by Crippen LogP contribution is -2.39. The third-order valence-electron chi connectivity index (χ3n) is 3.51. The molecule has 0 aromatic heterocycles. The van der Waals surface area contributed by atoms with Crippen LogP contribution in [0, 0.1) is 0 Å². The van der Waals surface area contributed by atoms with Crippen LogP contribution >= 0.6 is 0 Å². The average Bonchev–Trinajstić information content (AvgIpc) is 2.51. The van der Waals surface area contributed by atoms with Crippen molar-refractivity contribution in [3.8, 4) is 0 Å². The molecule has 1 fully saturated rings. The molecule has 2 unspecified atom stereocenters. The summed E-state index contributed by atoms with van der Waals surface area (Å²) >= 11 is 0. The summed E-state index contributed by atoms with van der Waals surface area (Å²) in [6, 6.07) is 0.150. The fourth-order valence-electron chi connectivity index (χ4n) is 2.34. The monoisotopic (exact) mass is 242 g/mol. The van der Waals surface area contributed by atoms with Gasteiger partial charge >= 0.3 is 5.97 Å². The number of ether oxygens (including phenoxy) is 1. The number of hydrogen-bond acceptors (Lipinski definition) is 4.